The molecule has 0 amide bonds. The fourth-order valence-electron chi connectivity index (χ4n) is 2.30. The van der Waals surface area contributed by atoms with Crippen molar-refractivity contribution in [1.29, 1.82) is 0 Å². The van der Waals surface area contributed by atoms with Crippen LogP contribution >= 0.6 is 0 Å². The molecule has 0 aliphatic heterocycles. The van der Waals surface area contributed by atoms with Crippen molar-refractivity contribution < 1.29 is 9.90 Å². The summed E-state index contributed by atoms with van der Waals surface area (Å²) in [6.07, 6.45) is 1.44. The molecule has 2 aromatic carbocycles. The van der Waals surface area contributed by atoms with E-state index in [0.29, 0.717) is 11.3 Å². The largest absolute Gasteiger partial charge is 0.478 e. The molecule has 3 rings (SSSR count). The second-order valence-corrected chi connectivity index (χ2v) is 5.40. The summed E-state index contributed by atoms with van der Waals surface area (Å²) < 4.78 is 0. The summed E-state index contributed by atoms with van der Waals surface area (Å²) in [7, 11) is 0. The van der Waals surface area contributed by atoms with Crippen LogP contribution in [-0.2, 0) is 0 Å². The number of rotatable bonds is 4. The highest BCUT2D eigenvalue weighted by molar-refractivity contribution is 5.89. The van der Waals surface area contributed by atoms with Crippen LogP contribution in [0, 0.1) is 6.92 Å². The van der Waals surface area contributed by atoms with E-state index < -0.39 is 5.97 Å². The number of hydrazone groups is 1. The Morgan fingerprint density at radius 1 is 1.17 bits per heavy atom. The van der Waals surface area contributed by atoms with Crippen LogP contribution in [0.25, 0.3) is 10.9 Å². The van der Waals surface area contributed by atoms with Gasteiger partial charge >= 0.3 is 5.97 Å². The van der Waals surface area contributed by atoms with Crippen LogP contribution < -0.4 is 11.0 Å². The Bertz CT molecular complexity index is 989. The van der Waals surface area contributed by atoms with E-state index in [0.717, 1.165) is 16.5 Å². The maximum absolute atomic E-state index is 12.0. The van der Waals surface area contributed by atoms with Crippen LogP contribution in [0.4, 0.5) is 5.69 Å². The highest BCUT2D eigenvalue weighted by atomic mass is 16.4. The molecule has 1 heterocycles. The van der Waals surface area contributed by atoms with E-state index in [1.807, 2.05) is 25.1 Å². The lowest BCUT2D eigenvalue weighted by atomic mass is 10.1. The van der Waals surface area contributed by atoms with Gasteiger partial charge in [-0.1, -0.05) is 11.6 Å². The first-order chi connectivity index (χ1) is 11.5. The Kier molecular flexibility index (Phi) is 4.11. The van der Waals surface area contributed by atoms with Crippen molar-refractivity contribution in [1.82, 2.24) is 4.98 Å². The number of hydrogen-bond acceptors (Lipinski definition) is 4. The number of aromatic amines is 1. The minimum absolute atomic E-state index is 0.200. The van der Waals surface area contributed by atoms with E-state index in [4.69, 9.17) is 5.11 Å². The van der Waals surface area contributed by atoms with Gasteiger partial charge in [0.25, 0.3) is 5.56 Å². The molecule has 0 spiro atoms. The van der Waals surface area contributed by atoms with Gasteiger partial charge in [-0.05, 0) is 54.8 Å². The third-order valence-electron chi connectivity index (χ3n) is 3.56. The topological polar surface area (TPSA) is 94.5 Å². The maximum Gasteiger partial charge on any atom is 0.335 e. The van der Waals surface area contributed by atoms with Gasteiger partial charge in [-0.2, -0.15) is 5.10 Å². The van der Waals surface area contributed by atoms with Crippen molar-refractivity contribution in [2.45, 2.75) is 6.92 Å². The van der Waals surface area contributed by atoms with Gasteiger partial charge in [0.2, 0.25) is 0 Å². The SMILES string of the molecule is Cc1ccc2[nH]c(=O)c(/C=N\Nc3ccc(C(=O)O)cc3)cc2c1. The summed E-state index contributed by atoms with van der Waals surface area (Å²) in [5, 5.41) is 13.8. The van der Waals surface area contributed by atoms with E-state index >= 15 is 0 Å². The summed E-state index contributed by atoms with van der Waals surface area (Å²) in [6, 6.07) is 13.7. The number of fused-ring (bicyclic) bond motifs is 1. The number of pyridine rings is 1. The number of aromatic carboxylic acids is 1. The van der Waals surface area contributed by atoms with Crippen LogP contribution in [0.3, 0.4) is 0 Å². The number of nitrogens with one attached hydrogen (secondary N) is 2. The normalized spacial score (nSPS) is 11.0. The van der Waals surface area contributed by atoms with E-state index in [9.17, 15) is 9.59 Å². The molecule has 0 bridgehead atoms. The van der Waals surface area contributed by atoms with Crippen LogP contribution in [-0.4, -0.2) is 22.3 Å². The van der Waals surface area contributed by atoms with E-state index in [1.165, 1.54) is 18.3 Å². The molecule has 0 saturated heterocycles. The van der Waals surface area contributed by atoms with Gasteiger partial charge in [-0.3, -0.25) is 10.2 Å². The Hall–Kier alpha value is -3.41. The number of carboxylic acids is 1. The second kappa shape index (κ2) is 6.37. The molecule has 0 radical (unpaired) electrons. The minimum atomic E-state index is -0.983. The van der Waals surface area contributed by atoms with E-state index in [1.54, 1.807) is 18.2 Å². The third kappa shape index (κ3) is 3.33. The average Bonchev–Trinajstić information content (AvgIpc) is 2.56. The number of H-pyrrole nitrogens is 1. The van der Waals surface area contributed by atoms with Gasteiger partial charge in [0.05, 0.1) is 23.0 Å². The van der Waals surface area contributed by atoms with Crippen LogP contribution in [0.2, 0.25) is 0 Å². The Labute approximate surface area is 137 Å². The lowest BCUT2D eigenvalue weighted by Gasteiger charge is -2.02. The molecule has 6 heteroatoms. The van der Waals surface area contributed by atoms with Gasteiger partial charge in [0, 0.05) is 5.52 Å². The van der Waals surface area contributed by atoms with Crippen LogP contribution in [0.5, 0.6) is 0 Å². The Balaban J connectivity index is 1.81. The average molecular weight is 321 g/mol. The quantitative estimate of drug-likeness (QED) is 0.508. The summed E-state index contributed by atoms with van der Waals surface area (Å²) in [4.78, 5) is 25.6. The molecule has 120 valence electrons. The molecule has 24 heavy (non-hydrogen) atoms. The number of hydrogen-bond donors (Lipinski definition) is 3. The van der Waals surface area contributed by atoms with Crippen molar-refractivity contribution in [3.8, 4) is 0 Å². The molecule has 0 aliphatic carbocycles. The zero-order chi connectivity index (χ0) is 17.1. The number of carbonyl (C=O) groups is 1. The van der Waals surface area contributed by atoms with Crippen molar-refractivity contribution in [2.75, 3.05) is 5.43 Å². The van der Waals surface area contributed by atoms with Gasteiger partial charge in [-0.15, -0.1) is 0 Å². The molecular formula is C18H15N3O3. The number of nitrogens with zero attached hydrogens (tertiary/aromatic N) is 1. The number of aromatic nitrogens is 1. The number of anilines is 1. The van der Waals surface area contributed by atoms with Crippen LogP contribution in [0.15, 0.2) is 58.4 Å². The van der Waals surface area contributed by atoms with Crippen molar-refractivity contribution >= 4 is 28.8 Å². The third-order valence-corrected chi connectivity index (χ3v) is 3.56. The summed E-state index contributed by atoms with van der Waals surface area (Å²) in [5.41, 5.74) is 5.69. The predicted molar refractivity (Wildman–Crippen MR) is 93.9 cm³/mol. The second-order valence-electron chi connectivity index (χ2n) is 5.40. The smallest absolute Gasteiger partial charge is 0.335 e. The highest BCUT2D eigenvalue weighted by Crippen LogP contribution is 2.13. The van der Waals surface area contributed by atoms with Crippen LogP contribution in [0.1, 0.15) is 21.5 Å². The van der Waals surface area contributed by atoms with Crippen molar-refractivity contribution in [3.63, 3.8) is 0 Å². The molecule has 0 saturated carbocycles. The number of benzene rings is 2. The van der Waals surface area contributed by atoms with E-state index in [2.05, 4.69) is 15.5 Å². The number of carboxylic acid groups (broad SMARTS) is 1. The zero-order valence-corrected chi connectivity index (χ0v) is 12.9. The summed E-state index contributed by atoms with van der Waals surface area (Å²) >= 11 is 0. The van der Waals surface area contributed by atoms with Gasteiger partial charge in [0.1, 0.15) is 0 Å². The summed E-state index contributed by atoms with van der Waals surface area (Å²) in [6.45, 7) is 1.99. The Morgan fingerprint density at radius 2 is 1.92 bits per heavy atom. The highest BCUT2D eigenvalue weighted by Gasteiger charge is 2.02. The lowest BCUT2D eigenvalue weighted by Crippen LogP contribution is -2.12. The molecular weight excluding hydrogens is 306 g/mol. The van der Waals surface area contributed by atoms with Gasteiger partial charge < -0.3 is 10.1 Å². The molecule has 1 aromatic heterocycles. The predicted octanol–water partition coefficient (Wildman–Crippen LogP) is 2.98. The lowest BCUT2D eigenvalue weighted by molar-refractivity contribution is 0.0697. The standard InChI is InChI=1S/C18H15N3O3/c1-11-2-7-16-13(8-11)9-14(17(22)20-16)10-19-21-15-5-3-12(4-6-15)18(23)24/h2-10,21H,1H3,(H,20,22)(H,23,24)/b19-10-. The van der Waals surface area contributed by atoms with Crippen molar-refractivity contribution in [2.24, 2.45) is 5.10 Å². The van der Waals surface area contributed by atoms with Gasteiger partial charge in [-0.25, -0.2) is 4.79 Å². The maximum atomic E-state index is 12.0. The number of aryl methyl sites for hydroxylation is 1. The molecule has 0 unspecified atom stereocenters. The van der Waals surface area contributed by atoms with Gasteiger partial charge in [0.15, 0.2) is 0 Å². The fourth-order valence-corrected chi connectivity index (χ4v) is 2.30. The monoisotopic (exact) mass is 321 g/mol. The first kappa shape index (κ1) is 15.5. The Morgan fingerprint density at radius 3 is 2.62 bits per heavy atom. The van der Waals surface area contributed by atoms with E-state index in [-0.39, 0.29) is 11.1 Å². The molecule has 3 aromatic rings. The summed E-state index contributed by atoms with van der Waals surface area (Å²) in [5.74, 6) is -0.983. The molecule has 3 N–H and O–H groups in total. The molecule has 0 atom stereocenters. The first-order valence-electron chi connectivity index (χ1n) is 7.29. The fraction of sp³-hybridized carbons (Fsp3) is 0.0556. The minimum Gasteiger partial charge on any atom is -0.478 e. The zero-order valence-electron chi connectivity index (χ0n) is 12.9. The first-order valence-corrected chi connectivity index (χ1v) is 7.29. The molecule has 0 fully saturated rings. The van der Waals surface area contributed by atoms with Crippen molar-refractivity contribution in [3.05, 3.63) is 75.6 Å². The molecule has 0 aliphatic rings. The molecule has 6 nitrogen and oxygen atoms in total.